The van der Waals surface area contributed by atoms with E-state index in [1.165, 1.54) is 7.11 Å². The van der Waals surface area contributed by atoms with Gasteiger partial charge in [0.25, 0.3) is 0 Å². The highest BCUT2D eigenvalue weighted by Crippen LogP contribution is 2.35. The van der Waals surface area contributed by atoms with Gasteiger partial charge in [-0.25, -0.2) is 0 Å². The molecule has 1 rings (SSSR count). The summed E-state index contributed by atoms with van der Waals surface area (Å²) in [6.45, 7) is 0. The molecule has 1 aromatic rings. The molecule has 15 heavy (non-hydrogen) atoms. The number of rotatable bonds is 4. The molecule has 0 aliphatic rings. The Balaban J connectivity index is 2.90. The van der Waals surface area contributed by atoms with Crippen LogP contribution in [0.4, 0.5) is 0 Å². The van der Waals surface area contributed by atoms with Crippen molar-refractivity contribution < 1.29 is 19.7 Å². The number of hydrogen-bond acceptors (Lipinski definition) is 4. The fraction of sp³-hybridized carbons (Fsp3) is 0.300. The topological polar surface area (TPSA) is 69.6 Å². The summed E-state index contributed by atoms with van der Waals surface area (Å²) in [5, 5.41) is 19.8. The molecule has 0 bridgehead atoms. The third kappa shape index (κ3) is 3.13. The van der Waals surface area contributed by atoms with Gasteiger partial charge in [-0.2, -0.15) is 0 Å². The van der Waals surface area contributed by atoms with Crippen molar-refractivity contribution in [2.75, 3.05) is 7.11 Å². The van der Waals surface area contributed by atoms with Crippen molar-refractivity contribution in [3.05, 3.63) is 22.2 Å². The maximum Gasteiger partial charge on any atom is 0.172 e. The number of aliphatic carboxylic acids is 1. The van der Waals surface area contributed by atoms with Crippen LogP contribution in [-0.4, -0.2) is 18.2 Å². The van der Waals surface area contributed by atoms with Gasteiger partial charge in [0.15, 0.2) is 11.5 Å². The Bertz CT molecular complexity index is 376. The second kappa shape index (κ2) is 5.02. The molecule has 82 valence electrons. The number of phenolic OH excluding ortho intramolecular Hbond substituents is 1. The number of hydrogen-bond donors (Lipinski definition) is 1. The van der Waals surface area contributed by atoms with Crippen LogP contribution in [0, 0.1) is 0 Å². The number of carbonyl (C=O) groups excluding carboxylic acids is 1. The summed E-state index contributed by atoms with van der Waals surface area (Å²) in [6.07, 6.45) is 0.290. The number of methoxy groups -OCH3 is 1. The summed E-state index contributed by atoms with van der Waals surface area (Å²) in [5.41, 5.74) is 0.765. The summed E-state index contributed by atoms with van der Waals surface area (Å²) < 4.78 is 5.41. The number of aryl methyl sites for hydroxylation is 1. The number of aromatic hydroxyl groups is 1. The van der Waals surface area contributed by atoms with Crippen molar-refractivity contribution in [2.45, 2.75) is 12.8 Å². The summed E-state index contributed by atoms with van der Waals surface area (Å²) >= 11 is 3.15. The lowest BCUT2D eigenvalue weighted by atomic mass is 10.1. The van der Waals surface area contributed by atoms with E-state index < -0.39 is 5.97 Å². The number of phenols is 1. The summed E-state index contributed by atoms with van der Waals surface area (Å²) in [5.74, 6) is -0.773. The Morgan fingerprint density at radius 1 is 1.60 bits per heavy atom. The summed E-state index contributed by atoms with van der Waals surface area (Å²) in [4.78, 5) is 10.3. The van der Waals surface area contributed by atoms with Crippen LogP contribution in [0.2, 0.25) is 0 Å². The first-order valence-corrected chi connectivity index (χ1v) is 5.09. The van der Waals surface area contributed by atoms with E-state index in [4.69, 9.17) is 4.74 Å². The van der Waals surface area contributed by atoms with E-state index in [9.17, 15) is 15.0 Å². The molecular formula is C10H10BrO4-. The van der Waals surface area contributed by atoms with Crippen molar-refractivity contribution >= 4 is 21.9 Å². The van der Waals surface area contributed by atoms with Gasteiger partial charge in [0.1, 0.15) is 0 Å². The van der Waals surface area contributed by atoms with Crippen LogP contribution in [0.5, 0.6) is 11.5 Å². The summed E-state index contributed by atoms with van der Waals surface area (Å²) in [7, 11) is 1.43. The number of carboxylic acid groups (broad SMARTS) is 1. The zero-order valence-electron chi connectivity index (χ0n) is 8.12. The molecule has 0 spiro atoms. The lowest BCUT2D eigenvalue weighted by Gasteiger charge is -2.09. The van der Waals surface area contributed by atoms with Crippen LogP contribution in [-0.2, 0) is 11.2 Å². The molecule has 0 saturated heterocycles. The molecule has 0 aliphatic heterocycles. The van der Waals surface area contributed by atoms with Gasteiger partial charge < -0.3 is 19.7 Å². The zero-order valence-corrected chi connectivity index (χ0v) is 9.70. The Morgan fingerprint density at radius 2 is 2.27 bits per heavy atom. The second-order valence-electron chi connectivity index (χ2n) is 3.00. The predicted molar refractivity (Wildman–Crippen MR) is 55.7 cm³/mol. The first kappa shape index (κ1) is 11.8. The van der Waals surface area contributed by atoms with Gasteiger partial charge in [0.2, 0.25) is 0 Å². The van der Waals surface area contributed by atoms with E-state index in [1.807, 2.05) is 0 Å². The van der Waals surface area contributed by atoms with Gasteiger partial charge in [-0.1, -0.05) is 0 Å². The largest absolute Gasteiger partial charge is 0.550 e. The summed E-state index contributed by atoms with van der Waals surface area (Å²) in [6, 6.07) is 3.25. The molecule has 4 nitrogen and oxygen atoms in total. The highest BCUT2D eigenvalue weighted by Gasteiger charge is 2.08. The van der Waals surface area contributed by atoms with E-state index in [2.05, 4.69) is 15.9 Å². The molecule has 1 aromatic carbocycles. The van der Waals surface area contributed by atoms with Crippen molar-refractivity contribution in [1.29, 1.82) is 0 Å². The second-order valence-corrected chi connectivity index (χ2v) is 3.85. The number of carbonyl (C=O) groups is 1. The molecule has 0 saturated carbocycles. The van der Waals surface area contributed by atoms with Crippen molar-refractivity contribution in [3.63, 3.8) is 0 Å². The highest BCUT2D eigenvalue weighted by molar-refractivity contribution is 9.10. The monoisotopic (exact) mass is 273 g/mol. The molecule has 0 amide bonds. The van der Waals surface area contributed by atoms with E-state index in [-0.39, 0.29) is 12.2 Å². The Kier molecular flexibility index (Phi) is 3.96. The first-order chi connectivity index (χ1) is 7.04. The van der Waals surface area contributed by atoms with Gasteiger partial charge in [0, 0.05) is 5.97 Å². The minimum absolute atomic E-state index is 0.00898. The quantitative estimate of drug-likeness (QED) is 0.883. The van der Waals surface area contributed by atoms with Crippen molar-refractivity contribution in [1.82, 2.24) is 0 Å². The maximum absolute atomic E-state index is 10.3. The maximum atomic E-state index is 10.3. The lowest BCUT2D eigenvalue weighted by molar-refractivity contribution is -0.305. The first-order valence-electron chi connectivity index (χ1n) is 4.30. The normalized spacial score (nSPS) is 10.0. The van der Waals surface area contributed by atoms with Crippen LogP contribution in [0.3, 0.4) is 0 Å². The zero-order chi connectivity index (χ0) is 11.4. The molecule has 0 aromatic heterocycles. The van der Waals surface area contributed by atoms with Gasteiger partial charge in [-0.3, -0.25) is 0 Å². The van der Waals surface area contributed by atoms with Gasteiger partial charge in [-0.15, -0.1) is 0 Å². The fourth-order valence-electron chi connectivity index (χ4n) is 1.17. The van der Waals surface area contributed by atoms with Gasteiger partial charge in [0.05, 0.1) is 11.6 Å². The molecule has 0 heterocycles. The fourth-order valence-corrected chi connectivity index (χ4v) is 1.66. The van der Waals surface area contributed by atoms with E-state index in [0.717, 1.165) is 5.56 Å². The van der Waals surface area contributed by atoms with Gasteiger partial charge >= 0.3 is 0 Å². The minimum Gasteiger partial charge on any atom is -0.550 e. The number of halogens is 1. The Morgan fingerprint density at radius 3 is 2.80 bits per heavy atom. The third-order valence-electron chi connectivity index (χ3n) is 1.93. The standard InChI is InChI=1S/C10H11BrO4/c1-15-8-5-6(2-3-9(12)13)4-7(11)10(8)14/h4-5,14H,2-3H2,1H3,(H,12,13)/p-1. The number of benzene rings is 1. The average molecular weight is 274 g/mol. The highest BCUT2D eigenvalue weighted by atomic mass is 79.9. The van der Waals surface area contributed by atoms with Crippen molar-refractivity contribution in [2.24, 2.45) is 0 Å². The Labute approximate surface area is 95.6 Å². The molecular weight excluding hydrogens is 264 g/mol. The minimum atomic E-state index is -1.10. The average Bonchev–Trinajstić information content (AvgIpc) is 2.19. The van der Waals surface area contributed by atoms with E-state index in [1.54, 1.807) is 12.1 Å². The van der Waals surface area contributed by atoms with Crippen LogP contribution < -0.4 is 9.84 Å². The van der Waals surface area contributed by atoms with Crippen molar-refractivity contribution in [3.8, 4) is 11.5 Å². The van der Waals surface area contributed by atoms with E-state index >= 15 is 0 Å². The lowest BCUT2D eigenvalue weighted by Crippen LogP contribution is -2.22. The molecule has 0 atom stereocenters. The smallest absolute Gasteiger partial charge is 0.172 e. The van der Waals surface area contributed by atoms with Crippen LogP contribution in [0.15, 0.2) is 16.6 Å². The van der Waals surface area contributed by atoms with Crippen LogP contribution >= 0.6 is 15.9 Å². The molecule has 0 fully saturated rings. The van der Waals surface area contributed by atoms with Crippen LogP contribution in [0.1, 0.15) is 12.0 Å². The number of carboxylic acids is 1. The molecule has 5 heteroatoms. The molecule has 0 radical (unpaired) electrons. The number of ether oxygens (including phenoxy) is 1. The third-order valence-corrected chi connectivity index (χ3v) is 2.53. The van der Waals surface area contributed by atoms with Gasteiger partial charge in [-0.05, 0) is 46.5 Å². The predicted octanol–water partition coefficient (Wildman–Crippen LogP) is 0.846. The Hall–Kier alpha value is -1.23. The molecule has 0 unspecified atom stereocenters. The van der Waals surface area contributed by atoms with Crippen LogP contribution in [0.25, 0.3) is 0 Å². The molecule has 1 N–H and O–H groups in total. The molecule has 0 aliphatic carbocycles. The SMILES string of the molecule is COc1cc(CCC(=O)[O-])cc(Br)c1O. The van der Waals surface area contributed by atoms with E-state index in [0.29, 0.717) is 16.6 Å².